The highest BCUT2D eigenvalue weighted by Gasteiger charge is 1.83. The van der Waals surface area contributed by atoms with E-state index in [4.69, 9.17) is 0 Å². The van der Waals surface area contributed by atoms with Gasteiger partial charge in [0, 0.05) is 0 Å². The average Bonchev–Trinajstić information content (AvgIpc) is 2.67. The summed E-state index contributed by atoms with van der Waals surface area (Å²) in [6.45, 7) is 0. The Morgan fingerprint density at radius 1 is 0.423 bits per heavy atom. The van der Waals surface area contributed by atoms with E-state index in [1.165, 1.54) is 0 Å². The molecule has 0 fully saturated rings. The van der Waals surface area contributed by atoms with Crippen LogP contribution in [0.25, 0.3) is 53.9 Å². The normalized spacial score (nSPS) is 11.8. The third kappa shape index (κ3) is 2.02. The van der Waals surface area contributed by atoms with Crippen molar-refractivity contribution < 1.29 is 0 Å². The highest BCUT2D eigenvalue weighted by Crippen LogP contribution is 2.30. The van der Waals surface area contributed by atoms with Crippen LogP contribution < -0.4 is 0 Å². The molecule has 0 bridgehead atoms. The van der Waals surface area contributed by atoms with Crippen LogP contribution >= 0.6 is 0 Å². The zero-order valence-corrected chi connectivity index (χ0v) is 13.8. The lowest BCUT2D eigenvalue weighted by molar-refractivity contribution is 1.75. The van der Waals surface area contributed by atoms with E-state index in [1.54, 1.807) is 0 Å². The largest absolute Gasteiger partial charge is 0.352 e. The van der Waals surface area contributed by atoms with Crippen LogP contribution in [0.15, 0.2) is 60.7 Å². The van der Waals surface area contributed by atoms with Gasteiger partial charge in [-0.05, 0) is 0 Å². The summed E-state index contributed by atoms with van der Waals surface area (Å²) in [5, 5.41) is 10.6. The van der Waals surface area contributed by atoms with Gasteiger partial charge in [-0.2, -0.15) is 6.07 Å². The third-order valence-electron chi connectivity index (χ3n) is 4.89. The average molecular weight is 322 g/mol. The predicted octanol–water partition coefficient (Wildman–Crippen LogP) is 6.25. The second kappa shape index (κ2) is 5.06. The van der Waals surface area contributed by atoms with Crippen LogP contribution in [0.2, 0.25) is 0 Å². The van der Waals surface area contributed by atoms with Crippen molar-refractivity contribution in [1.29, 1.82) is 0 Å². The van der Waals surface area contributed by atoms with Gasteiger partial charge in [-0.15, -0.1) is 6.07 Å². The van der Waals surface area contributed by atoms with E-state index in [0.717, 1.165) is 53.9 Å². The van der Waals surface area contributed by atoms with E-state index in [-0.39, 0.29) is 0 Å². The van der Waals surface area contributed by atoms with E-state index in [9.17, 15) is 0 Å². The molecule has 0 aliphatic rings. The van der Waals surface area contributed by atoms with Crippen molar-refractivity contribution in [2.24, 2.45) is 0 Å². The molecular formula is C26H10-6. The summed E-state index contributed by atoms with van der Waals surface area (Å²) < 4.78 is 0. The molecule has 0 heteroatoms. The number of fused-ring (bicyclic) bond motifs is 5. The van der Waals surface area contributed by atoms with Crippen molar-refractivity contribution in [1.82, 2.24) is 0 Å². The molecule has 26 heavy (non-hydrogen) atoms. The van der Waals surface area contributed by atoms with Gasteiger partial charge in [0.05, 0.1) is 0 Å². The molecule has 0 aromatic heterocycles. The van der Waals surface area contributed by atoms with Crippen molar-refractivity contribution in [3.05, 3.63) is 97.1 Å². The highest BCUT2D eigenvalue weighted by atomic mass is 14.1. The fourth-order valence-electron chi connectivity index (χ4n) is 3.61. The van der Waals surface area contributed by atoms with Crippen molar-refractivity contribution >= 4 is 53.9 Å². The van der Waals surface area contributed by atoms with Gasteiger partial charge in [-0.1, -0.05) is 5.39 Å². The molecule has 0 saturated carbocycles. The molecule has 120 valence electrons. The third-order valence-corrected chi connectivity index (χ3v) is 4.89. The van der Waals surface area contributed by atoms with Crippen LogP contribution in [-0.4, -0.2) is 0 Å². The minimum absolute atomic E-state index is 0.961. The molecule has 0 amide bonds. The summed E-state index contributed by atoms with van der Waals surface area (Å²) in [5.41, 5.74) is 0. The lowest BCUT2D eigenvalue weighted by atomic mass is 9.96. The Balaban J connectivity index is 1.72. The maximum atomic E-state index is 3.48. The lowest BCUT2D eigenvalue weighted by Gasteiger charge is -2.32. The smallest absolute Gasteiger partial charge is 0.0967 e. The van der Waals surface area contributed by atoms with Crippen molar-refractivity contribution in [2.45, 2.75) is 0 Å². The molecule has 0 heterocycles. The molecule has 0 N–H and O–H groups in total. The Morgan fingerprint density at radius 3 is 1.27 bits per heavy atom. The van der Waals surface area contributed by atoms with E-state index in [0.29, 0.717) is 0 Å². The predicted molar refractivity (Wildman–Crippen MR) is 107 cm³/mol. The van der Waals surface area contributed by atoms with E-state index < -0.39 is 0 Å². The van der Waals surface area contributed by atoms with E-state index in [2.05, 4.69) is 72.8 Å². The first kappa shape index (κ1) is 13.9. The van der Waals surface area contributed by atoms with E-state index in [1.807, 2.05) is 24.3 Å². The first-order chi connectivity index (χ1) is 12.8. The molecule has 6 rings (SSSR count). The maximum Gasteiger partial charge on any atom is -0.0967 e. The van der Waals surface area contributed by atoms with Crippen molar-refractivity contribution in [3.63, 3.8) is 0 Å². The molecule has 6 aromatic carbocycles. The number of benzene rings is 6. The van der Waals surface area contributed by atoms with Gasteiger partial charge in [-0.25, -0.2) is 64.0 Å². The minimum atomic E-state index is 0.961. The van der Waals surface area contributed by atoms with Crippen molar-refractivity contribution in [2.75, 3.05) is 0 Å². The van der Waals surface area contributed by atoms with Gasteiger partial charge in [0.25, 0.3) is 0 Å². The second-order valence-electron chi connectivity index (χ2n) is 6.57. The standard InChI is InChI=1S/C26H10/c1-2-6-18-10-22-14-26-16-24-12-20-8-4-3-7-19(20)11-23(24)15-25(26)13-21(22)9-17(18)5-1/h1-5,7,9,11,13,15H/q-6. The summed E-state index contributed by atoms with van der Waals surface area (Å²) >= 11 is 0. The molecule has 0 spiro atoms. The Bertz CT molecular complexity index is 1250. The fourth-order valence-corrected chi connectivity index (χ4v) is 3.61. The first-order valence-corrected chi connectivity index (χ1v) is 8.55. The van der Waals surface area contributed by atoms with Gasteiger partial charge in [-0.3, -0.25) is 35.0 Å². The van der Waals surface area contributed by atoms with Crippen LogP contribution in [-0.2, 0) is 0 Å². The summed E-state index contributed by atoms with van der Waals surface area (Å²) in [4.78, 5) is 0. The van der Waals surface area contributed by atoms with Crippen LogP contribution in [0.3, 0.4) is 0 Å². The van der Waals surface area contributed by atoms with Crippen LogP contribution in [0.1, 0.15) is 0 Å². The molecule has 0 unspecified atom stereocenters. The number of rotatable bonds is 0. The quantitative estimate of drug-likeness (QED) is 0.229. The molecular weight excluding hydrogens is 312 g/mol. The summed E-state index contributed by atoms with van der Waals surface area (Å²) in [6, 6.07) is 41.1. The van der Waals surface area contributed by atoms with Gasteiger partial charge in [0.2, 0.25) is 0 Å². The minimum Gasteiger partial charge on any atom is -0.352 e. The molecule has 0 radical (unpaired) electrons. The number of hydrogen-bond donors (Lipinski definition) is 0. The van der Waals surface area contributed by atoms with Gasteiger partial charge in [0.15, 0.2) is 0 Å². The monoisotopic (exact) mass is 322 g/mol. The molecule has 0 nitrogen and oxygen atoms in total. The fraction of sp³-hybridized carbons (Fsp3) is 0. The Hall–Kier alpha value is -3.38. The Kier molecular flexibility index (Phi) is 2.70. The van der Waals surface area contributed by atoms with Gasteiger partial charge in [0.1, 0.15) is 0 Å². The lowest BCUT2D eigenvalue weighted by Crippen LogP contribution is -1.83. The van der Waals surface area contributed by atoms with Crippen molar-refractivity contribution in [3.8, 4) is 0 Å². The summed E-state index contributed by atoms with van der Waals surface area (Å²) in [7, 11) is 0. The summed E-state index contributed by atoms with van der Waals surface area (Å²) in [6.07, 6.45) is 0. The van der Waals surface area contributed by atoms with Gasteiger partial charge < -0.3 is 34.4 Å². The first-order valence-electron chi connectivity index (χ1n) is 8.55. The maximum absolute atomic E-state index is 3.48. The molecule has 0 atom stereocenters. The van der Waals surface area contributed by atoms with Crippen LogP contribution in [0, 0.1) is 36.4 Å². The van der Waals surface area contributed by atoms with Gasteiger partial charge >= 0.3 is 0 Å². The van der Waals surface area contributed by atoms with E-state index >= 15 is 0 Å². The summed E-state index contributed by atoms with van der Waals surface area (Å²) in [5.74, 6) is 0. The van der Waals surface area contributed by atoms with Crippen LogP contribution in [0.5, 0.6) is 0 Å². The number of hydrogen-bond acceptors (Lipinski definition) is 0. The zero-order chi connectivity index (χ0) is 17.1. The molecule has 0 aliphatic carbocycles. The molecule has 0 saturated heterocycles. The second-order valence-corrected chi connectivity index (χ2v) is 6.57. The SMILES string of the molecule is [c-]1cccc2cc3cc4cc5cc6ccc[c-]c6[c-]c5[c-]c4[c-]c3[c-]c12. The highest BCUT2D eigenvalue weighted by molar-refractivity contribution is 6.08. The topological polar surface area (TPSA) is 0 Å². The Morgan fingerprint density at radius 2 is 0.808 bits per heavy atom. The molecule has 0 aliphatic heterocycles. The zero-order valence-electron chi connectivity index (χ0n) is 13.8. The molecule has 6 aromatic rings. The Labute approximate surface area is 151 Å². The van der Waals surface area contributed by atoms with Crippen LogP contribution in [0.4, 0.5) is 0 Å².